The van der Waals surface area contributed by atoms with Crippen LogP contribution >= 0.6 is 0 Å². The second kappa shape index (κ2) is 6.54. The van der Waals surface area contributed by atoms with Crippen LogP contribution in [0.5, 0.6) is 5.75 Å². The van der Waals surface area contributed by atoms with Gasteiger partial charge in [0.1, 0.15) is 5.75 Å². The van der Waals surface area contributed by atoms with Crippen LogP contribution in [-0.4, -0.2) is 48.8 Å². The number of carbonyl (C=O) groups excluding carboxylic acids is 1. The van der Waals surface area contributed by atoms with E-state index in [2.05, 4.69) is 5.32 Å². The Balaban J connectivity index is 1.90. The van der Waals surface area contributed by atoms with Crippen LogP contribution in [0.4, 0.5) is 5.69 Å². The summed E-state index contributed by atoms with van der Waals surface area (Å²) in [5, 5.41) is 12.1. The number of nitrogens with zero attached hydrogens (tertiary/aromatic N) is 1. The molecule has 1 aromatic carbocycles. The van der Waals surface area contributed by atoms with Crippen LogP contribution in [-0.2, 0) is 4.79 Å². The molecule has 0 unspecified atom stereocenters. The molecular weight excluding hydrogens is 244 g/mol. The topological polar surface area (TPSA) is 61.8 Å². The van der Waals surface area contributed by atoms with E-state index < -0.39 is 0 Å². The summed E-state index contributed by atoms with van der Waals surface area (Å²) in [6.07, 6.45) is 2.00. The van der Waals surface area contributed by atoms with Crippen molar-refractivity contribution >= 4 is 11.6 Å². The van der Waals surface area contributed by atoms with Gasteiger partial charge in [-0.25, -0.2) is 0 Å². The molecule has 1 heterocycles. The van der Waals surface area contributed by atoms with E-state index in [9.17, 15) is 9.90 Å². The number of anilines is 1. The number of aliphatic hydroxyl groups is 1. The molecule has 0 radical (unpaired) electrons. The minimum Gasteiger partial charge on any atom is -0.497 e. The smallest absolute Gasteiger partial charge is 0.238 e. The lowest BCUT2D eigenvalue weighted by Gasteiger charge is -2.21. The summed E-state index contributed by atoms with van der Waals surface area (Å²) in [6, 6.07) is 7.40. The first-order chi connectivity index (χ1) is 9.22. The van der Waals surface area contributed by atoms with Crippen LogP contribution in [0.2, 0.25) is 0 Å². The molecule has 19 heavy (non-hydrogen) atoms. The van der Waals surface area contributed by atoms with Crippen molar-refractivity contribution in [2.75, 3.05) is 32.1 Å². The number of carbonyl (C=O) groups is 1. The molecule has 104 valence electrons. The van der Waals surface area contributed by atoms with Gasteiger partial charge >= 0.3 is 0 Å². The predicted molar refractivity (Wildman–Crippen MR) is 73.3 cm³/mol. The van der Waals surface area contributed by atoms with Gasteiger partial charge in [-0.05, 0) is 31.5 Å². The second-order valence-electron chi connectivity index (χ2n) is 4.73. The summed E-state index contributed by atoms with van der Waals surface area (Å²) in [4.78, 5) is 14.0. The highest BCUT2D eigenvalue weighted by atomic mass is 16.5. The zero-order valence-electron chi connectivity index (χ0n) is 11.1. The minimum absolute atomic E-state index is 0.0615. The molecule has 5 nitrogen and oxygen atoms in total. The van der Waals surface area contributed by atoms with E-state index in [1.165, 1.54) is 0 Å². The lowest BCUT2D eigenvalue weighted by atomic mass is 10.2. The number of rotatable bonds is 5. The maximum Gasteiger partial charge on any atom is 0.238 e. The number of likely N-dealkylation sites (tertiary alicyclic amines) is 1. The average molecular weight is 264 g/mol. The molecule has 1 amide bonds. The molecule has 0 aromatic heterocycles. The molecule has 2 N–H and O–H groups in total. The van der Waals surface area contributed by atoms with Crippen LogP contribution in [0.25, 0.3) is 0 Å². The van der Waals surface area contributed by atoms with Gasteiger partial charge in [0.15, 0.2) is 0 Å². The minimum atomic E-state index is -0.0615. The van der Waals surface area contributed by atoms with Crippen molar-refractivity contribution in [1.82, 2.24) is 4.90 Å². The van der Waals surface area contributed by atoms with E-state index in [-0.39, 0.29) is 18.6 Å². The normalized spacial score (nSPS) is 19.4. The number of ether oxygens (including phenoxy) is 1. The summed E-state index contributed by atoms with van der Waals surface area (Å²) in [5.74, 6) is 0.654. The molecule has 1 aliphatic heterocycles. The number of hydrogen-bond donors (Lipinski definition) is 2. The number of methoxy groups -OCH3 is 1. The second-order valence-corrected chi connectivity index (χ2v) is 4.73. The van der Waals surface area contributed by atoms with Gasteiger partial charge in [0.25, 0.3) is 0 Å². The Kier molecular flexibility index (Phi) is 4.76. The van der Waals surface area contributed by atoms with Crippen molar-refractivity contribution in [2.24, 2.45) is 0 Å². The Morgan fingerprint density at radius 1 is 1.58 bits per heavy atom. The van der Waals surface area contributed by atoms with Crippen LogP contribution in [0, 0.1) is 0 Å². The third kappa shape index (κ3) is 3.68. The summed E-state index contributed by atoms with van der Waals surface area (Å²) in [5.41, 5.74) is 0.726. The third-order valence-electron chi connectivity index (χ3n) is 3.41. The molecule has 0 spiro atoms. The molecular formula is C14H20N2O3. The van der Waals surface area contributed by atoms with Crippen molar-refractivity contribution in [1.29, 1.82) is 0 Å². The molecule has 0 bridgehead atoms. The van der Waals surface area contributed by atoms with Crippen LogP contribution in [0.15, 0.2) is 24.3 Å². The zero-order valence-corrected chi connectivity index (χ0v) is 11.1. The summed E-state index contributed by atoms with van der Waals surface area (Å²) >= 11 is 0. The fraction of sp³-hybridized carbons (Fsp3) is 0.500. The highest BCUT2D eigenvalue weighted by Gasteiger charge is 2.25. The lowest BCUT2D eigenvalue weighted by molar-refractivity contribution is -0.117. The van der Waals surface area contributed by atoms with Gasteiger partial charge in [0.05, 0.1) is 20.3 Å². The fourth-order valence-corrected chi connectivity index (χ4v) is 2.40. The summed E-state index contributed by atoms with van der Waals surface area (Å²) in [7, 11) is 1.59. The van der Waals surface area contributed by atoms with Crippen molar-refractivity contribution < 1.29 is 14.6 Å². The maximum atomic E-state index is 12.0. The Morgan fingerprint density at radius 3 is 3.16 bits per heavy atom. The molecule has 1 fully saturated rings. The monoisotopic (exact) mass is 264 g/mol. The van der Waals surface area contributed by atoms with Crippen LogP contribution in [0.1, 0.15) is 12.8 Å². The van der Waals surface area contributed by atoms with E-state index in [0.29, 0.717) is 12.3 Å². The van der Waals surface area contributed by atoms with E-state index in [1.54, 1.807) is 13.2 Å². The predicted octanol–water partition coefficient (Wildman–Crippen LogP) is 1.09. The van der Waals surface area contributed by atoms with Crippen molar-refractivity contribution in [3.05, 3.63) is 24.3 Å². The summed E-state index contributed by atoms with van der Waals surface area (Å²) < 4.78 is 5.11. The quantitative estimate of drug-likeness (QED) is 0.835. The number of benzene rings is 1. The maximum absolute atomic E-state index is 12.0. The van der Waals surface area contributed by atoms with Gasteiger partial charge in [0, 0.05) is 17.8 Å². The Labute approximate surface area is 113 Å². The average Bonchev–Trinajstić information content (AvgIpc) is 2.86. The van der Waals surface area contributed by atoms with Crippen molar-refractivity contribution in [3.8, 4) is 5.75 Å². The molecule has 2 rings (SSSR count). The van der Waals surface area contributed by atoms with Crippen LogP contribution in [0.3, 0.4) is 0 Å². The van der Waals surface area contributed by atoms with E-state index >= 15 is 0 Å². The molecule has 1 atom stereocenters. The number of amides is 1. The molecule has 1 aromatic rings. The number of hydrogen-bond acceptors (Lipinski definition) is 4. The first kappa shape index (κ1) is 13.8. The largest absolute Gasteiger partial charge is 0.497 e. The lowest BCUT2D eigenvalue weighted by Crippen LogP contribution is -2.38. The molecule has 1 saturated heterocycles. The van der Waals surface area contributed by atoms with Gasteiger partial charge in [-0.1, -0.05) is 6.07 Å². The first-order valence-electron chi connectivity index (χ1n) is 6.51. The Hall–Kier alpha value is -1.59. The van der Waals surface area contributed by atoms with Crippen molar-refractivity contribution in [3.63, 3.8) is 0 Å². The fourth-order valence-electron chi connectivity index (χ4n) is 2.40. The molecule has 0 saturated carbocycles. The van der Waals surface area contributed by atoms with Gasteiger partial charge in [-0.15, -0.1) is 0 Å². The standard InChI is InChI=1S/C14H20N2O3/c1-19-13-6-2-4-11(8-13)15-14(18)9-16-7-3-5-12(16)10-17/h2,4,6,8,12,17H,3,5,7,9-10H2,1H3,(H,15,18)/t12-/m0/s1. The highest BCUT2D eigenvalue weighted by molar-refractivity contribution is 5.92. The van der Waals surface area contributed by atoms with E-state index in [0.717, 1.165) is 25.1 Å². The highest BCUT2D eigenvalue weighted by Crippen LogP contribution is 2.18. The van der Waals surface area contributed by atoms with Gasteiger partial charge in [0.2, 0.25) is 5.91 Å². The van der Waals surface area contributed by atoms with Gasteiger partial charge in [-0.2, -0.15) is 0 Å². The Bertz CT molecular complexity index is 436. The Morgan fingerprint density at radius 2 is 2.42 bits per heavy atom. The van der Waals surface area contributed by atoms with Crippen LogP contribution < -0.4 is 10.1 Å². The van der Waals surface area contributed by atoms with E-state index in [1.807, 2.05) is 23.1 Å². The molecule has 5 heteroatoms. The molecule has 1 aliphatic rings. The van der Waals surface area contributed by atoms with Gasteiger partial charge in [-0.3, -0.25) is 9.69 Å². The SMILES string of the molecule is COc1cccc(NC(=O)CN2CCC[C@H]2CO)c1. The third-order valence-corrected chi connectivity index (χ3v) is 3.41. The number of nitrogens with one attached hydrogen (secondary N) is 1. The zero-order chi connectivity index (χ0) is 13.7. The summed E-state index contributed by atoms with van der Waals surface area (Å²) in [6.45, 7) is 1.31. The van der Waals surface area contributed by atoms with E-state index in [4.69, 9.17) is 4.74 Å². The number of aliphatic hydroxyl groups excluding tert-OH is 1. The molecule has 0 aliphatic carbocycles. The van der Waals surface area contributed by atoms with Crippen molar-refractivity contribution in [2.45, 2.75) is 18.9 Å². The van der Waals surface area contributed by atoms with Gasteiger partial charge < -0.3 is 15.2 Å². The first-order valence-corrected chi connectivity index (χ1v) is 6.51.